The summed E-state index contributed by atoms with van der Waals surface area (Å²) >= 11 is 0. The van der Waals surface area contributed by atoms with Gasteiger partial charge in [-0.3, -0.25) is 72.2 Å². The summed E-state index contributed by atoms with van der Waals surface area (Å²) in [5, 5.41) is 128. The van der Waals surface area contributed by atoms with Gasteiger partial charge in [-0.1, -0.05) is 48.4 Å². The number of halogens is 1. The van der Waals surface area contributed by atoms with Crippen molar-refractivity contribution in [3.8, 4) is 11.1 Å². The molecule has 11 amide bonds. The van der Waals surface area contributed by atoms with Crippen molar-refractivity contribution in [2.24, 2.45) is 11.7 Å². The molecule has 0 saturated carbocycles. The van der Waals surface area contributed by atoms with Crippen molar-refractivity contribution in [1.29, 1.82) is 0 Å². The number of nitrogens with one attached hydrogen (secondary N) is 12. The second-order valence-corrected chi connectivity index (χ2v) is 28.8. The van der Waals surface area contributed by atoms with Gasteiger partial charge in [-0.25, -0.2) is 42.7 Å². The normalized spacial score (nSPS) is 13.3. The number of benzene rings is 3. The summed E-state index contributed by atoms with van der Waals surface area (Å²) in [6.07, 6.45) is -12.4. The molecule has 46 nitrogen and oxygen atoms in total. The second-order valence-electron chi connectivity index (χ2n) is 28.8. The van der Waals surface area contributed by atoms with E-state index >= 15 is 0 Å². The van der Waals surface area contributed by atoms with Crippen LogP contribution in [0, 0.1) is 18.7 Å². The minimum Gasteiger partial charge on any atom is -0.481 e. The lowest BCUT2D eigenvalue weighted by atomic mass is 9.94. The number of aliphatic carboxylic acids is 10. The Hall–Kier alpha value is -14.4. The van der Waals surface area contributed by atoms with Gasteiger partial charge in [0.25, 0.3) is 0 Å². The highest BCUT2D eigenvalue weighted by molar-refractivity contribution is 6.07. The van der Waals surface area contributed by atoms with Crippen molar-refractivity contribution >= 4 is 153 Å². The van der Waals surface area contributed by atoms with E-state index in [1.54, 1.807) is 55.5 Å². The highest BCUT2D eigenvalue weighted by atomic mass is 19.1. The zero-order valence-electron chi connectivity index (χ0n) is 67.3. The Morgan fingerprint density at radius 3 is 1.17 bits per heavy atom. The molecule has 1 heterocycles. The van der Waals surface area contributed by atoms with Crippen LogP contribution in [0.25, 0.3) is 22.0 Å². The Balaban J connectivity index is 1.13. The van der Waals surface area contributed by atoms with E-state index in [-0.39, 0.29) is 36.7 Å². The summed E-state index contributed by atoms with van der Waals surface area (Å²) in [6, 6.07) is 0.602. The summed E-state index contributed by atoms with van der Waals surface area (Å²) in [5.41, 5.74) is 9.56. The van der Waals surface area contributed by atoms with Gasteiger partial charge in [-0.05, 0) is 119 Å². The number of rotatable bonds is 60. The van der Waals surface area contributed by atoms with E-state index in [1.165, 1.54) is 6.07 Å². The lowest BCUT2D eigenvalue weighted by molar-refractivity contribution is -0.146. The number of carbonyl (C=O) groups excluding carboxylic acids is 12. The van der Waals surface area contributed by atoms with E-state index in [2.05, 4.69) is 42.1 Å². The maximum absolute atomic E-state index is 14.3. The first-order chi connectivity index (χ1) is 58.9. The van der Waals surface area contributed by atoms with E-state index < -0.39 is 319 Å². The molecule has 0 aliphatic carbocycles. The van der Waals surface area contributed by atoms with Crippen molar-refractivity contribution in [2.45, 2.75) is 222 Å². The van der Waals surface area contributed by atoms with E-state index in [1.807, 2.05) is 32.7 Å². The first-order valence-corrected chi connectivity index (χ1v) is 39.0. The fourth-order valence-electron chi connectivity index (χ4n) is 12.2. The molecular weight excluding hydrogens is 1660 g/mol. The molecule has 4 rings (SSSR count). The number of unbranched alkanes of at least 4 members (excludes halogenated alkanes) is 2. The van der Waals surface area contributed by atoms with E-state index in [0.717, 1.165) is 16.7 Å². The number of ketones is 1. The molecule has 47 heteroatoms. The van der Waals surface area contributed by atoms with Gasteiger partial charge < -0.3 is 115 Å². The van der Waals surface area contributed by atoms with Crippen molar-refractivity contribution in [2.75, 3.05) is 17.2 Å². The van der Waals surface area contributed by atoms with Crippen LogP contribution in [0.3, 0.4) is 0 Å². The molecule has 1 aromatic heterocycles. The Bertz CT molecular complexity index is 4630. The number of hydrogen-bond donors (Lipinski definition) is 23. The molecule has 125 heavy (non-hydrogen) atoms. The topological polar surface area (TPSA) is 765 Å². The average molecular weight is 1760 g/mol. The largest absolute Gasteiger partial charge is 0.481 e. The molecule has 3 aromatic carbocycles. The molecule has 0 saturated heterocycles. The van der Waals surface area contributed by atoms with Gasteiger partial charge in [-0.2, -0.15) is 5.10 Å². The fourth-order valence-corrected chi connectivity index (χ4v) is 12.2. The molecule has 680 valence electrons. The highest BCUT2D eigenvalue weighted by Crippen LogP contribution is 2.34. The van der Waals surface area contributed by atoms with Crippen LogP contribution in [0.1, 0.15) is 165 Å². The van der Waals surface area contributed by atoms with Crippen LogP contribution in [-0.4, -0.2) is 253 Å². The maximum Gasteiger partial charge on any atom is 0.326 e. The number of aryl methyl sites for hydroxylation is 1. The molecule has 0 spiro atoms. The number of carboxylic acid groups (broad SMARTS) is 10. The zero-order chi connectivity index (χ0) is 93.3. The first kappa shape index (κ1) is 103. The van der Waals surface area contributed by atoms with E-state index in [9.17, 15) is 156 Å². The van der Waals surface area contributed by atoms with Crippen molar-refractivity contribution in [3.63, 3.8) is 0 Å². The number of Topliss-reactive ketones (excluding diaryl/α,β-unsaturated/α-hetero) is 1. The van der Waals surface area contributed by atoms with E-state index in [0.29, 0.717) is 35.9 Å². The van der Waals surface area contributed by atoms with Gasteiger partial charge in [0, 0.05) is 82.9 Å². The molecule has 24 N–H and O–H groups in total. The molecular formula is C78H99FN14O32. The monoisotopic (exact) mass is 1760 g/mol. The van der Waals surface area contributed by atoms with E-state index in [4.69, 9.17) is 10.8 Å². The summed E-state index contributed by atoms with van der Waals surface area (Å²) < 4.78 is 14.3. The number of carboxylic acids is 10. The standard InChI is InChI=1S/C78H99FN14O32/c1-38-9-16-45(79)41(34-38)36-65(104)82-42-13-10-39(11-14-42)44-6-5-7-47-67(44)68(93-92-47)91-56(95)8-3-2-4-33-81-64(103)37-46(80)69(107)90-55(78(124)125)24-31-63(102)89-54(77(122)123)23-30-62(101)88-53(76(120)121)22-29-61(100)87-52(75(118)119)21-28-60(99)86-51(74(116)117)20-27-59(98)85-50(73(114)115)19-26-58(97)84-49(72(112)113)18-25-57(96)83-48(71(110)111)17-15-43(94)35-40(70(108)109)12-32-66(105)106/h5-7,9-11,13-14,16,34,40,46,48-55H,2-4,8,12,15,17-33,35-37,80H2,1H3,(H,81,103)(H,82,104)(H,83,96)(H,84,97)(H,85,98)(H,86,99)(H,87,100)(H,88,101)(H,89,102)(H,90,107)(H,105,106)(H,108,109)(H,110,111)(H,112,113)(H,114,115)(H,116,117)(H,118,119)(H,120,121)(H,122,123)(H,124,125)(H2,91,92,93,95)/t40-,46+,48+,49+,50+,51+,52+,53+,54+,55+/m1/s1. The van der Waals surface area contributed by atoms with Gasteiger partial charge in [0.15, 0.2) is 5.82 Å². The number of aromatic amines is 1. The molecule has 0 fully saturated rings. The summed E-state index contributed by atoms with van der Waals surface area (Å²) in [6.45, 7) is 1.90. The third-order valence-electron chi connectivity index (χ3n) is 18.9. The number of carbonyl (C=O) groups is 22. The van der Waals surface area contributed by atoms with Crippen LogP contribution in [0.15, 0.2) is 60.7 Å². The van der Waals surface area contributed by atoms with Crippen molar-refractivity contribution < 1.29 is 161 Å². The average Bonchev–Trinajstić information content (AvgIpc) is 1.64. The van der Waals surface area contributed by atoms with Crippen LogP contribution in [0.5, 0.6) is 0 Å². The number of aromatic nitrogens is 2. The third kappa shape index (κ3) is 38.5. The predicted molar refractivity (Wildman–Crippen MR) is 426 cm³/mol. The fraction of sp³-hybridized carbons (Fsp3) is 0.474. The Kier molecular flexibility index (Phi) is 42.8. The van der Waals surface area contributed by atoms with Crippen LogP contribution in [-0.2, 0) is 112 Å². The lowest BCUT2D eigenvalue weighted by Crippen LogP contribution is -2.50. The highest BCUT2D eigenvalue weighted by Gasteiger charge is 2.33. The molecule has 0 radical (unpaired) electrons. The number of hydrogen-bond acceptors (Lipinski definition) is 24. The van der Waals surface area contributed by atoms with Gasteiger partial charge in [0.2, 0.25) is 65.0 Å². The van der Waals surface area contributed by atoms with Gasteiger partial charge >= 0.3 is 59.7 Å². The van der Waals surface area contributed by atoms with Gasteiger partial charge in [-0.15, -0.1) is 0 Å². The number of nitrogens with zero attached hydrogens (tertiary/aromatic N) is 1. The predicted octanol–water partition coefficient (Wildman–Crippen LogP) is -0.487. The quantitative estimate of drug-likeness (QED) is 0.0248. The Labute approximate surface area is 708 Å². The number of H-pyrrole nitrogens is 1. The van der Waals surface area contributed by atoms with Gasteiger partial charge in [0.1, 0.15) is 59.9 Å². The SMILES string of the molecule is Cc1ccc(F)c(CC(=O)Nc2ccc(-c3cccc4[nH]nc(NC(=O)CCCCCNC(=O)C[C@H](N)C(=O)N[C@@H](CCC(=O)N[C@@H](CCC(=O)N[C@@H](CCC(=O)N[C@@H](CCC(=O)N[C@@H](CCC(=O)N[C@@H](CCC(=O)N[C@@H](CCC(=O)N[C@@H](CCC(=O)C[C@@H](CCC(=O)O)C(=O)O)C(=O)O)C(=O)O)C(=O)O)C(=O)O)C(=O)O)C(=O)O)C(=O)O)C(=O)O)c34)cc2)c1. The minimum atomic E-state index is -1.89. The van der Waals surface area contributed by atoms with Crippen LogP contribution in [0.4, 0.5) is 15.9 Å². The van der Waals surface area contributed by atoms with Gasteiger partial charge in [0.05, 0.1) is 35.7 Å². The van der Waals surface area contributed by atoms with Crippen molar-refractivity contribution in [1.82, 2.24) is 58.0 Å². The first-order valence-electron chi connectivity index (χ1n) is 39.0. The minimum absolute atomic E-state index is 0.0766. The maximum atomic E-state index is 14.3. The smallest absolute Gasteiger partial charge is 0.326 e. The molecule has 0 aliphatic heterocycles. The number of nitrogens with two attached hydrogens (primary N) is 1. The van der Waals surface area contributed by atoms with Crippen LogP contribution >= 0.6 is 0 Å². The van der Waals surface area contributed by atoms with Crippen LogP contribution in [0.2, 0.25) is 0 Å². The molecule has 0 aliphatic rings. The summed E-state index contributed by atoms with van der Waals surface area (Å²) in [4.78, 5) is 272. The molecule has 0 unspecified atom stereocenters. The number of fused-ring (bicyclic) bond motifs is 1. The Morgan fingerprint density at radius 1 is 0.392 bits per heavy atom. The number of anilines is 2. The molecule has 10 atom stereocenters. The van der Waals surface area contributed by atoms with Crippen molar-refractivity contribution in [3.05, 3.63) is 77.6 Å². The number of amides is 11. The lowest BCUT2D eigenvalue weighted by Gasteiger charge is -2.19. The summed E-state index contributed by atoms with van der Waals surface area (Å²) in [5.74, 6) is -29.1. The molecule has 4 aromatic rings. The Morgan fingerprint density at radius 2 is 0.784 bits per heavy atom. The van der Waals surface area contributed by atoms with Crippen LogP contribution < -0.4 is 64.2 Å². The summed E-state index contributed by atoms with van der Waals surface area (Å²) in [7, 11) is 0. The molecule has 0 bridgehead atoms. The second kappa shape index (κ2) is 52.0. The zero-order valence-corrected chi connectivity index (χ0v) is 67.3. The third-order valence-corrected chi connectivity index (χ3v) is 18.9.